The summed E-state index contributed by atoms with van der Waals surface area (Å²) in [7, 11) is 0. The number of primary amides is 1. The number of nitrogens with two attached hydrogens (primary N) is 1. The second-order valence-electron chi connectivity index (χ2n) is 5.04. The molecule has 1 unspecified atom stereocenters. The van der Waals surface area contributed by atoms with Crippen LogP contribution in [0.5, 0.6) is 0 Å². The van der Waals surface area contributed by atoms with Crippen molar-refractivity contribution in [3.8, 4) is 0 Å². The van der Waals surface area contributed by atoms with E-state index in [2.05, 4.69) is 10.6 Å². The first-order valence-corrected chi connectivity index (χ1v) is 7.34. The maximum absolute atomic E-state index is 11.4. The Morgan fingerprint density at radius 3 is 1.71 bits per heavy atom. The Morgan fingerprint density at radius 1 is 0.917 bits per heavy atom. The minimum absolute atomic E-state index is 0.0164. The molecule has 11 heteroatoms. The van der Waals surface area contributed by atoms with E-state index >= 15 is 0 Å². The van der Waals surface area contributed by atoms with Gasteiger partial charge in [0.15, 0.2) is 0 Å². The van der Waals surface area contributed by atoms with Crippen LogP contribution in [0.1, 0.15) is 12.8 Å². The molecule has 0 aliphatic rings. The van der Waals surface area contributed by atoms with Crippen LogP contribution in [0, 0.1) is 0 Å². The van der Waals surface area contributed by atoms with Crippen molar-refractivity contribution in [1.82, 2.24) is 15.5 Å². The number of nitrogens with one attached hydrogen (secondary N) is 2. The van der Waals surface area contributed by atoms with Crippen molar-refractivity contribution in [1.29, 1.82) is 0 Å². The molecule has 0 heterocycles. The Kier molecular flexibility index (Phi) is 11.1. The van der Waals surface area contributed by atoms with E-state index in [-0.39, 0.29) is 52.1 Å². The summed E-state index contributed by atoms with van der Waals surface area (Å²) in [5.74, 6) is -3.82. The second kappa shape index (κ2) is 12.2. The van der Waals surface area contributed by atoms with Crippen molar-refractivity contribution in [2.45, 2.75) is 18.9 Å². The zero-order chi connectivity index (χ0) is 18.5. The zero-order valence-electron chi connectivity index (χ0n) is 13.2. The molecule has 7 N–H and O–H groups in total. The average Bonchev–Trinajstić information content (AvgIpc) is 2.45. The summed E-state index contributed by atoms with van der Waals surface area (Å²) in [6.07, 6.45) is -0.0822. The molecule has 0 aromatic heterocycles. The van der Waals surface area contributed by atoms with Gasteiger partial charge in [0.05, 0.1) is 13.1 Å². The minimum Gasteiger partial charge on any atom is -0.480 e. The van der Waals surface area contributed by atoms with Gasteiger partial charge in [-0.25, -0.2) is 0 Å². The summed E-state index contributed by atoms with van der Waals surface area (Å²) in [5.41, 5.74) is 5.05. The fraction of sp³-hybridized carbons (Fsp3) is 0.692. The molecule has 0 saturated heterocycles. The highest BCUT2D eigenvalue weighted by molar-refractivity contribution is 5.77. The van der Waals surface area contributed by atoms with Gasteiger partial charge in [0.2, 0.25) is 5.91 Å². The highest BCUT2D eigenvalue weighted by atomic mass is 16.4. The molecule has 1 atom stereocenters. The summed E-state index contributed by atoms with van der Waals surface area (Å²) in [6, 6.07) is -0.976. The van der Waals surface area contributed by atoms with Gasteiger partial charge in [-0.15, -0.1) is 0 Å². The number of carbonyl (C=O) groups excluding carboxylic acids is 1. The van der Waals surface area contributed by atoms with Crippen LogP contribution in [0.4, 0.5) is 0 Å². The molecular formula is C13H24N4O7. The molecule has 0 bridgehead atoms. The summed E-state index contributed by atoms with van der Waals surface area (Å²) in [5, 5.41) is 31.7. The quantitative estimate of drug-likeness (QED) is 0.171. The molecule has 0 aromatic rings. The lowest BCUT2D eigenvalue weighted by atomic mass is 10.1. The van der Waals surface area contributed by atoms with Gasteiger partial charge in [-0.1, -0.05) is 0 Å². The van der Waals surface area contributed by atoms with Gasteiger partial charge in [0.1, 0.15) is 6.04 Å². The fourth-order valence-electron chi connectivity index (χ4n) is 2.00. The standard InChI is InChI=1S/C13H24N4O7/c14-10(18)2-1-9(13(23)24)17(5-3-15-7-11(19)20)6-4-16-8-12(21)22/h9,15-16H,1-8H2,(H2,14,18)(H,19,20)(H,21,22)(H,23,24). The van der Waals surface area contributed by atoms with Gasteiger partial charge in [-0.3, -0.25) is 24.1 Å². The van der Waals surface area contributed by atoms with Crippen LogP contribution in [0.15, 0.2) is 0 Å². The first-order chi connectivity index (χ1) is 11.2. The third kappa shape index (κ3) is 11.3. The Bertz CT molecular complexity index is 422. The lowest BCUT2D eigenvalue weighted by molar-refractivity contribution is -0.144. The van der Waals surface area contributed by atoms with E-state index in [0.29, 0.717) is 0 Å². The molecule has 0 radical (unpaired) electrons. The lowest BCUT2D eigenvalue weighted by Crippen LogP contribution is -2.48. The number of hydrogen-bond donors (Lipinski definition) is 6. The van der Waals surface area contributed by atoms with E-state index in [1.54, 1.807) is 0 Å². The number of aliphatic carboxylic acids is 3. The summed E-state index contributed by atoms with van der Waals surface area (Å²) in [6.45, 7) is 0.376. The van der Waals surface area contributed by atoms with Crippen LogP contribution in [0.2, 0.25) is 0 Å². The van der Waals surface area contributed by atoms with Crippen molar-refractivity contribution in [2.24, 2.45) is 5.73 Å². The third-order valence-corrected chi connectivity index (χ3v) is 3.09. The molecule has 1 amide bonds. The molecule has 0 fully saturated rings. The number of carbonyl (C=O) groups is 4. The number of nitrogens with zero attached hydrogens (tertiary/aromatic N) is 1. The van der Waals surface area contributed by atoms with E-state index in [9.17, 15) is 24.3 Å². The molecule has 24 heavy (non-hydrogen) atoms. The molecule has 0 aromatic carbocycles. The van der Waals surface area contributed by atoms with Gasteiger partial charge in [-0.2, -0.15) is 0 Å². The predicted molar refractivity (Wildman–Crippen MR) is 82.4 cm³/mol. The lowest BCUT2D eigenvalue weighted by Gasteiger charge is -2.28. The van der Waals surface area contributed by atoms with Crippen molar-refractivity contribution >= 4 is 23.8 Å². The summed E-state index contributed by atoms with van der Waals surface area (Å²) >= 11 is 0. The Morgan fingerprint density at radius 2 is 1.38 bits per heavy atom. The first kappa shape index (κ1) is 21.8. The van der Waals surface area contributed by atoms with Crippen LogP contribution in [0.3, 0.4) is 0 Å². The number of rotatable bonds is 15. The van der Waals surface area contributed by atoms with Gasteiger partial charge < -0.3 is 31.7 Å². The molecule has 0 rings (SSSR count). The highest BCUT2D eigenvalue weighted by Crippen LogP contribution is 2.07. The van der Waals surface area contributed by atoms with E-state index in [0.717, 1.165) is 0 Å². The van der Waals surface area contributed by atoms with Crippen LogP contribution in [-0.2, 0) is 19.2 Å². The van der Waals surface area contributed by atoms with Gasteiger partial charge in [0, 0.05) is 32.6 Å². The van der Waals surface area contributed by atoms with Gasteiger partial charge in [-0.05, 0) is 6.42 Å². The van der Waals surface area contributed by atoms with Gasteiger partial charge >= 0.3 is 17.9 Å². The van der Waals surface area contributed by atoms with E-state index in [4.69, 9.17) is 15.9 Å². The topological polar surface area (TPSA) is 182 Å². The third-order valence-electron chi connectivity index (χ3n) is 3.09. The maximum atomic E-state index is 11.4. The number of hydrogen-bond acceptors (Lipinski definition) is 7. The van der Waals surface area contributed by atoms with Crippen molar-refractivity contribution in [3.05, 3.63) is 0 Å². The summed E-state index contributed by atoms with van der Waals surface area (Å²) in [4.78, 5) is 44.7. The Labute approximate surface area is 138 Å². The second-order valence-corrected chi connectivity index (χ2v) is 5.04. The maximum Gasteiger partial charge on any atom is 0.320 e. The van der Waals surface area contributed by atoms with E-state index in [1.165, 1.54) is 4.90 Å². The number of carboxylic acids is 3. The van der Waals surface area contributed by atoms with Crippen molar-refractivity contribution in [3.63, 3.8) is 0 Å². The molecule has 0 aliphatic carbocycles. The zero-order valence-corrected chi connectivity index (χ0v) is 13.2. The van der Waals surface area contributed by atoms with Crippen LogP contribution < -0.4 is 16.4 Å². The predicted octanol–water partition coefficient (Wildman–Crippen LogP) is -2.64. The van der Waals surface area contributed by atoms with Crippen LogP contribution >= 0.6 is 0 Å². The molecular weight excluding hydrogens is 324 g/mol. The highest BCUT2D eigenvalue weighted by Gasteiger charge is 2.25. The van der Waals surface area contributed by atoms with Crippen LogP contribution in [0.25, 0.3) is 0 Å². The van der Waals surface area contributed by atoms with Gasteiger partial charge in [0.25, 0.3) is 0 Å². The van der Waals surface area contributed by atoms with Crippen molar-refractivity contribution in [2.75, 3.05) is 39.3 Å². The molecule has 0 saturated carbocycles. The minimum atomic E-state index is -1.13. The first-order valence-electron chi connectivity index (χ1n) is 7.34. The van der Waals surface area contributed by atoms with Crippen molar-refractivity contribution < 1.29 is 34.5 Å². The largest absolute Gasteiger partial charge is 0.480 e. The average molecular weight is 348 g/mol. The molecule has 138 valence electrons. The summed E-state index contributed by atoms with van der Waals surface area (Å²) < 4.78 is 0. The van der Waals surface area contributed by atoms with Crippen LogP contribution in [-0.4, -0.2) is 89.3 Å². The molecule has 11 nitrogen and oxygen atoms in total. The fourth-order valence-corrected chi connectivity index (χ4v) is 2.00. The Hall–Kier alpha value is -2.24. The Balaban J connectivity index is 4.63. The van der Waals surface area contributed by atoms with E-state index in [1.807, 2.05) is 0 Å². The van der Waals surface area contributed by atoms with E-state index < -0.39 is 29.9 Å². The normalized spacial score (nSPS) is 12.0. The monoisotopic (exact) mass is 348 g/mol. The number of amides is 1. The molecule has 0 spiro atoms. The number of carboxylic acid groups (broad SMARTS) is 3. The smallest absolute Gasteiger partial charge is 0.320 e. The SMILES string of the molecule is NC(=O)CCC(C(=O)O)N(CCNCC(=O)O)CCNCC(=O)O. The molecule has 0 aliphatic heterocycles.